The molecule has 0 saturated heterocycles. The van der Waals surface area contributed by atoms with Crippen LogP contribution in [-0.2, 0) is 11.3 Å². The van der Waals surface area contributed by atoms with E-state index in [0.717, 1.165) is 10.4 Å². The number of hydrogen-bond acceptors (Lipinski definition) is 4. The maximum atomic E-state index is 12.4. The fourth-order valence-corrected chi connectivity index (χ4v) is 3.23. The molecule has 2 heterocycles. The van der Waals surface area contributed by atoms with E-state index < -0.39 is 0 Å². The SMILES string of the molecule is C[C@H](NC(=O)Cn1c(-c2cccs2)n[nH]c1=S)c1ccccc1. The number of amides is 1. The summed E-state index contributed by atoms with van der Waals surface area (Å²) in [6.07, 6.45) is 0. The molecule has 2 N–H and O–H groups in total. The third kappa shape index (κ3) is 3.57. The number of hydrogen-bond donors (Lipinski definition) is 2. The Bertz CT molecular complexity index is 837. The smallest absolute Gasteiger partial charge is 0.240 e. The van der Waals surface area contributed by atoms with E-state index in [1.54, 1.807) is 15.9 Å². The zero-order chi connectivity index (χ0) is 16.2. The van der Waals surface area contributed by atoms with Crippen molar-refractivity contribution in [1.29, 1.82) is 0 Å². The van der Waals surface area contributed by atoms with Crippen molar-refractivity contribution in [2.24, 2.45) is 0 Å². The van der Waals surface area contributed by atoms with Crippen molar-refractivity contribution < 1.29 is 4.79 Å². The van der Waals surface area contributed by atoms with Crippen LogP contribution >= 0.6 is 23.6 Å². The molecule has 7 heteroatoms. The Morgan fingerprint density at radius 2 is 2.13 bits per heavy atom. The predicted octanol–water partition coefficient (Wildman–Crippen LogP) is 3.55. The van der Waals surface area contributed by atoms with Crippen LogP contribution in [0.3, 0.4) is 0 Å². The van der Waals surface area contributed by atoms with Gasteiger partial charge in [0.2, 0.25) is 5.91 Å². The number of benzene rings is 1. The Hall–Kier alpha value is -2.25. The topological polar surface area (TPSA) is 62.7 Å². The number of H-pyrrole nitrogens is 1. The van der Waals surface area contributed by atoms with Crippen LogP contribution in [0.2, 0.25) is 0 Å². The van der Waals surface area contributed by atoms with Gasteiger partial charge in [0.05, 0.1) is 10.9 Å². The summed E-state index contributed by atoms with van der Waals surface area (Å²) in [6.45, 7) is 2.10. The van der Waals surface area contributed by atoms with Gasteiger partial charge in [-0.3, -0.25) is 14.5 Å². The lowest BCUT2D eigenvalue weighted by Gasteiger charge is -2.14. The standard InChI is InChI=1S/C16H16N4OS2/c1-11(12-6-3-2-4-7-12)17-14(21)10-20-15(18-19-16(20)22)13-8-5-9-23-13/h2-9,11H,10H2,1H3,(H,17,21)(H,19,22)/t11-/m0/s1. The number of rotatable bonds is 5. The Morgan fingerprint density at radius 3 is 2.83 bits per heavy atom. The molecule has 3 aromatic rings. The van der Waals surface area contributed by atoms with Gasteiger partial charge in [0, 0.05) is 0 Å². The van der Waals surface area contributed by atoms with Gasteiger partial charge in [0.25, 0.3) is 0 Å². The summed E-state index contributed by atoms with van der Waals surface area (Å²) >= 11 is 6.80. The average molecular weight is 344 g/mol. The summed E-state index contributed by atoms with van der Waals surface area (Å²) in [4.78, 5) is 13.3. The molecule has 0 bridgehead atoms. The average Bonchev–Trinajstić information content (AvgIpc) is 3.19. The number of carbonyl (C=O) groups excluding carboxylic acids is 1. The van der Waals surface area contributed by atoms with Crippen LogP contribution in [0.1, 0.15) is 18.5 Å². The maximum Gasteiger partial charge on any atom is 0.240 e. The van der Waals surface area contributed by atoms with Gasteiger partial charge in [-0.15, -0.1) is 11.3 Å². The van der Waals surface area contributed by atoms with Crippen molar-refractivity contribution in [2.45, 2.75) is 19.5 Å². The summed E-state index contributed by atoms with van der Waals surface area (Å²) in [5, 5.41) is 11.9. The molecule has 0 aliphatic heterocycles. The highest BCUT2D eigenvalue weighted by molar-refractivity contribution is 7.71. The second-order valence-electron chi connectivity index (χ2n) is 5.12. The molecule has 118 valence electrons. The first-order chi connectivity index (χ1) is 11.1. The fraction of sp³-hybridized carbons (Fsp3) is 0.188. The van der Waals surface area contributed by atoms with E-state index >= 15 is 0 Å². The Kier molecular flexibility index (Phi) is 4.68. The van der Waals surface area contributed by atoms with Gasteiger partial charge in [0.1, 0.15) is 6.54 Å². The minimum atomic E-state index is -0.100. The molecule has 0 unspecified atom stereocenters. The van der Waals surface area contributed by atoms with Crippen molar-refractivity contribution in [2.75, 3.05) is 0 Å². The second kappa shape index (κ2) is 6.89. The third-order valence-electron chi connectivity index (χ3n) is 3.48. The minimum Gasteiger partial charge on any atom is -0.348 e. The van der Waals surface area contributed by atoms with E-state index in [-0.39, 0.29) is 18.5 Å². The number of aromatic nitrogens is 3. The Morgan fingerprint density at radius 1 is 1.35 bits per heavy atom. The first-order valence-electron chi connectivity index (χ1n) is 7.18. The van der Waals surface area contributed by atoms with E-state index in [2.05, 4.69) is 15.5 Å². The van der Waals surface area contributed by atoms with Crippen LogP contribution in [0.15, 0.2) is 47.8 Å². The minimum absolute atomic E-state index is 0.0602. The van der Waals surface area contributed by atoms with Crippen molar-refractivity contribution in [1.82, 2.24) is 20.1 Å². The molecule has 2 aromatic heterocycles. The van der Waals surface area contributed by atoms with E-state index in [1.165, 1.54) is 0 Å². The van der Waals surface area contributed by atoms with Crippen LogP contribution in [0.5, 0.6) is 0 Å². The quantitative estimate of drug-likeness (QED) is 0.696. The number of nitrogens with zero attached hydrogens (tertiary/aromatic N) is 2. The van der Waals surface area contributed by atoms with Crippen LogP contribution < -0.4 is 5.32 Å². The molecule has 3 rings (SSSR count). The molecule has 1 amide bonds. The molecular formula is C16H16N4OS2. The zero-order valence-electron chi connectivity index (χ0n) is 12.5. The molecule has 5 nitrogen and oxygen atoms in total. The lowest BCUT2D eigenvalue weighted by Crippen LogP contribution is -2.30. The molecular weight excluding hydrogens is 328 g/mol. The number of nitrogens with one attached hydrogen (secondary N) is 2. The Balaban J connectivity index is 1.74. The summed E-state index contributed by atoms with van der Waals surface area (Å²) in [5.74, 6) is 0.587. The largest absolute Gasteiger partial charge is 0.348 e. The monoisotopic (exact) mass is 344 g/mol. The number of aromatic amines is 1. The fourth-order valence-electron chi connectivity index (χ4n) is 2.31. The lowest BCUT2D eigenvalue weighted by atomic mass is 10.1. The number of carbonyl (C=O) groups is 1. The zero-order valence-corrected chi connectivity index (χ0v) is 14.2. The Labute approximate surface area is 143 Å². The van der Waals surface area contributed by atoms with E-state index in [1.807, 2.05) is 54.8 Å². The highest BCUT2D eigenvalue weighted by atomic mass is 32.1. The van der Waals surface area contributed by atoms with Crippen LogP contribution in [0.25, 0.3) is 10.7 Å². The maximum absolute atomic E-state index is 12.4. The first-order valence-corrected chi connectivity index (χ1v) is 8.47. The molecule has 0 saturated carbocycles. The second-order valence-corrected chi connectivity index (χ2v) is 6.45. The molecule has 1 aromatic carbocycles. The van der Waals surface area contributed by atoms with Crippen LogP contribution in [0, 0.1) is 4.77 Å². The number of thiophene rings is 1. The van der Waals surface area contributed by atoms with Crippen molar-refractivity contribution >= 4 is 29.5 Å². The summed E-state index contributed by atoms with van der Waals surface area (Å²) in [5.41, 5.74) is 1.06. The molecule has 0 aliphatic carbocycles. The van der Waals surface area contributed by atoms with Crippen LogP contribution in [0.4, 0.5) is 0 Å². The van der Waals surface area contributed by atoms with Crippen molar-refractivity contribution in [3.63, 3.8) is 0 Å². The van der Waals surface area contributed by atoms with Crippen molar-refractivity contribution in [3.8, 4) is 10.7 Å². The third-order valence-corrected chi connectivity index (χ3v) is 4.66. The van der Waals surface area contributed by atoms with E-state index in [4.69, 9.17) is 12.2 Å². The first kappa shape index (κ1) is 15.6. The summed E-state index contributed by atoms with van der Waals surface area (Å²) in [7, 11) is 0. The summed E-state index contributed by atoms with van der Waals surface area (Å²) in [6, 6.07) is 13.7. The van der Waals surface area contributed by atoms with Crippen molar-refractivity contribution in [3.05, 3.63) is 58.2 Å². The molecule has 0 aliphatic rings. The lowest BCUT2D eigenvalue weighted by molar-refractivity contribution is -0.122. The molecule has 1 atom stereocenters. The highest BCUT2D eigenvalue weighted by Crippen LogP contribution is 2.22. The van der Waals surface area contributed by atoms with E-state index in [0.29, 0.717) is 10.6 Å². The normalized spacial score (nSPS) is 12.0. The molecule has 23 heavy (non-hydrogen) atoms. The molecule has 0 fully saturated rings. The predicted molar refractivity (Wildman–Crippen MR) is 93.7 cm³/mol. The molecule has 0 radical (unpaired) electrons. The highest BCUT2D eigenvalue weighted by Gasteiger charge is 2.15. The van der Waals surface area contributed by atoms with Gasteiger partial charge < -0.3 is 5.32 Å². The molecule has 0 spiro atoms. The van der Waals surface area contributed by atoms with Gasteiger partial charge in [-0.05, 0) is 36.2 Å². The van der Waals surface area contributed by atoms with Gasteiger partial charge >= 0.3 is 0 Å². The van der Waals surface area contributed by atoms with Gasteiger partial charge in [-0.2, -0.15) is 5.10 Å². The van der Waals surface area contributed by atoms with Crippen LogP contribution in [-0.4, -0.2) is 20.7 Å². The van der Waals surface area contributed by atoms with Gasteiger partial charge in [-0.25, -0.2) is 0 Å². The van der Waals surface area contributed by atoms with E-state index in [9.17, 15) is 4.79 Å². The van der Waals surface area contributed by atoms with Gasteiger partial charge in [0.15, 0.2) is 10.6 Å². The summed E-state index contributed by atoms with van der Waals surface area (Å²) < 4.78 is 2.16. The van der Waals surface area contributed by atoms with Gasteiger partial charge in [-0.1, -0.05) is 36.4 Å².